The molecule has 9 nitrogen and oxygen atoms in total. The number of anilines is 1. The Morgan fingerprint density at radius 2 is 1.88 bits per heavy atom. The third-order valence-corrected chi connectivity index (χ3v) is 4.16. The highest BCUT2D eigenvalue weighted by molar-refractivity contribution is 7.89. The van der Waals surface area contributed by atoms with Crippen LogP contribution < -0.4 is 15.8 Å². The standard InChI is InChI=1S/C14H14N6O3S/c15-24(22,23)11-6-4-10(5-7-11)17-14(21)16-9-13-19-18-12-3-1-2-8-20(12)13/h1-8H,9H2,(H2,15,22,23)(H2,16,17,21). The zero-order chi connectivity index (χ0) is 17.2. The highest BCUT2D eigenvalue weighted by Crippen LogP contribution is 2.12. The molecule has 10 heteroatoms. The quantitative estimate of drug-likeness (QED) is 0.640. The van der Waals surface area contributed by atoms with Crippen LogP contribution in [0.1, 0.15) is 5.82 Å². The van der Waals surface area contributed by atoms with Gasteiger partial charge in [-0.1, -0.05) is 6.07 Å². The Bertz CT molecular complexity index is 981. The first-order chi connectivity index (χ1) is 11.4. The van der Waals surface area contributed by atoms with Crippen molar-refractivity contribution < 1.29 is 13.2 Å². The number of carbonyl (C=O) groups excluding carboxylic acids is 1. The largest absolute Gasteiger partial charge is 0.331 e. The van der Waals surface area contributed by atoms with E-state index in [4.69, 9.17) is 5.14 Å². The normalized spacial score (nSPS) is 11.4. The number of nitrogens with zero attached hydrogens (tertiary/aromatic N) is 3. The van der Waals surface area contributed by atoms with Gasteiger partial charge in [-0.15, -0.1) is 10.2 Å². The van der Waals surface area contributed by atoms with Crippen molar-refractivity contribution in [1.82, 2.24) is 19.9 Å². The van der Waals surface area contributed by atoms with Crippen molar-refractivity contribution in [2.45, 2.75) is 11.4 Å². The molecule has 0 bridgehead atoms. The fourth-order valence-corrected chi connectivity index (χ4v) is 2.59. The number of nitrogens with two attached hydrogens (primary N) is 1. The van der Waals surface area contributed by atoms with Crippen LogP contribution >= 0.6 is 0 Å². The number of hydrogen-bond acceptors (Lipinski definition) is 5. The molecule has 0 aliphatic carbocycles. The summed E-state index contributed by atoms with van der Waals surface area (Å²) in [5.74, 6) is 0.588. The van der Waals surface area contributed by atoms with Gasteiger partial charge in [0.25, 0.3) is 0 Å². The molecule has 2 aromatic heterocycles. The average Bonchev–Trinajstić information content (AvgIpc) is 2.96. The summed E-state index contributed by atoms with van der Waals surface area (Å²) in [6.45, 7) is 0.187. The Morgan fingerprint density at radius 3 is 2.58 bits per heavy atom. The van der Waals surface area contributed by atoms with Gasteiger partial charge in [-0.05, 0) is 36.4 Å². The van der Waals surface area contributed by atoms with Gasteiger partial charge >= 0.3 is 6.03 Å². The van der Waals surface area contributed by atoms with Crippen LogP contribution in [0.25, 0.3) is 5.65 Å². The van der Waals surface area contributed by atoms with Crippen molar-refractivity contribution in [2.24, 2.45) is 5.14 Å². The van der Waals surface area contributed by atoms with E-state index in [0.29, 0.717) is 17.2 Å². The van der Waals surface area contributed by atoms with Gasteiger partial charge in [0.15, 0.2) is 11.5 Å². The predicted molar refractivity (Wildman–Crippen MR) is 86.7 cm³/mol. The molecular weight excluding hydrogens is 332 g/mol. The monoisotopic (exact) mass is 346 g/mol. The number of carbonyl (C=O) groups is 1. The second kappa shape index (κ2) is 6.26. The van der Waals surface area contributed by atoms with E-state index in [2.05, 4.69) is 20.8 Å². The number of aromatic nitrogens is 3. The number of sulfonamides is 1. The minimum absolute atomic E-state index is 0.0246. The van der Waals surface area contributed by atoms with Crippen molar-refractivity contribution in [2.75, 3.05) is 5.32 Å². The molecule has 0 saturated carbocycles. The lowest BCUT2D eigenvalue weighted by atomic mass is 10.3. The second-order valence-corrected chi connectivity index (χ2v) is 6.48. The van der Waals surface area contributed by atoms with Crippen LogP contribution in [-0.2, 0) is 16.6 Å². The SMILES string of the molecule is NS(=O)(=O)c1ccc(NC(=O)NCc2nnc3ccccn23)cc1. The van der Waals surface area contributed by atoms with E-state index >= 15 is 0 Å². The first-order valence-corrected chi connectivity index (χ1v) is 8.44. The molecular formula is C14H14N6O3S. The van der Waals surface area contributed by atoms with Crippen LogP contribution in [0.3, 0.4) is 0 Å². The molecule has 2 amide bonds. The van der Waals surface area contributed by atoms with Crippen LogP contribution in [0.5, 0.6) is 0 Å². The lowest BCUT2D eigenvalue weighted by molar-refractivity contribution is 0.251. The molecule has 3 aromatic rings. The number of nitrogens with one attached hydrogen (secondary N) is 2. The van der Waals surface area contributed by atoms with Gasteiger partial charge in [-0.3, -0.25) is 4.40 Å². The maximum absolute atomic E-state index is 11.9. The van der Waals surface area contributed by atoms with Crippen molar-refractivity contribution >= 4 is 27.4 Å². The molecule has 4 N–H and O–H groups in total. The van der Waals surface area contributed by atoms with Gasteiger partial charge in [0.1, 0.15) is 0 Å². The van der Waals surface area contributed by atoms with Gasteiger partial charge in [-0.25, -0.2) is 18.4 Å². The molecule has 2 heterocycles. The average molecular weight is 346 g/mol. The minimum atomic E-state index is -3.75. The topological polar surface area (TPSA) is 131 Å². The van der Waals surface area contributed by atoms with E-state index < -0.39 is 16.1 Å². The van der Waals surface area contributed by atoms with Crippen LogP contribution in [0, 0.1) is 0 Å². The van der Waals surface area contributed by atoms with E-state index in [0.717, 1.165) is 0 Å². The molecule has 3 rings (SSSR count). The number of primary sulfonamides is 1. The highest BCUT2D eigenvalue weighted by Gasteiger charge is 2.09. The Balaban J connectivity index is 1.62. The summed E-state index contributed by atoms with van der Waals surface area (Å²) >= 11 is 0. The minimum Gasteiger partial charge on any atom is -0.331 e. The Hall–Kier alpha value is -2.98. The van der Waals surface area contributed by atoms with Gasteiger partial charge in [0, 0.05) is 11.9 Å². The van der Waals surface area contributed by atoms with E-state index in [9.17, 15) is 13.2 Å². The van der Waals surface area contributed by atoms with Crippen molar-refractivity contribution in [3.63, 3.8) is 0 Å². The van der Waals surface area contributed by atoms with Gasteiger partial charge < -0.3 is 10.6 Å². The van der Waals surface area contributed by atoms with Crippen molar-refractivity contribution in [3.05, 3.63) is 54.5 Å². The highest BCUT2D eigenvalue weighted by atomic mass is 32.2. The number of pyridine rings is 1. The molecule has 0 saturated heterocycles. The van der Waals surface area contributed by atoms with Crippen LogP contribution in [0.15, 0.2) is 53.6 Å². The third-order valence-electron chi connectivity index (χ3n) is 3.23. The zero-order valence-corrected chi connectivity index (χ0v) is 13.2. The summed E-state index contributed by atoms with van der Waals surface area (Å²) in [5.41, 5.74) is 1.12. The van der Waals surface area contributed by atoms with Gasteiger partial charge in [-0.2, -0.15) is 0 Å². The summed E-state index contributed by atoms with van der Waals surface area (Å²) in [5, 5.41) is 18.2. The molecule has 24 heavy (non-hydrogen) atoms. The Labute approximate surface area is 137 Å². The van der Waals surface area contributed by atoms with E-state index in [1.54, 1.807) is 10.6 Å². The number of urea groups is 1. The van der Waals surface area contributed by atoms with Gasteiger partial charge in [0.2, 0.25) is 10.0 Å². The molecule has 0 spiro atoms. The number of hydrogen-bond donors (Lipinski definition) is 3. The first-order valence-electron chi connectivity index (χ1n) is 6.90. The smallest absolute Gasteiger partial charge is 0.319 e. The van der Waals surface area contributed by atoms with Crippen molar-refractivity contribution in [1.29, 1.82) is 0 Å². The van der Waals surface area contributed by atoms with Crippen molar-refractivity contribution in [3.8, 4) is 0 Å². The van der Waals surface area contributed by atoms with E-state index in [1.165, 1.54) is 24.3 Å². The summed E-state index contributed by atoms with van der Waals surface area (Å²) in [6, 6.07) is 10.6. The summed E-state index contributed by atoms with van der Waals surface area (Å²) < 4.78 is 24.1. The Kier molecular flexibility index (Phi) is 4.15. The second-order valence-electron chi connectivity index (χ2n) is 4.92. The molecule has 0 fully saturated rings. The summed E-state index contributed by atoms with van der Waals surface area (Å²) in [6.07, 6.45) is 1.80. The lowest BCUT2D eigenvalue weighted by Gasteiger charge is -2.07. The molecule has 1 aromatic carbocycles. The summed E-state index contributed by atoms with van der Waals surface area (Å²) in [4.78, 5) is 11.9. The molecule has 0 atom stereocenters. The molecule has 124 valence electrons. The van der Waals surface area contributed by atoms with Crippen LogP contribution in [0.4, 0.5) is 10.5 Å². The molecule has 0 unspecified atom stereocenters. The number of amides is 2. The van der Waals surface area contributed by atoms with E-state index in [-0.39, 0.29) is 11.4 Å². The maximum Gasteiger partial charge on any atom is 0.319 e. The lowest BCUT2D eigenvalue weighted by Crippen LogP contribution is -2.29. The Morgan fingerprint density at radius 1 is 1.12 bits per heavy atom. The maximum atomic E-state index is 11.9. The zero-order valence-electron chi connectivity index (χ0n) is 12.4. The molecule has 0 radical (unpaired) electrons. The fraction of sp³-hybridized carbons (Fsp3) is 0.0714. The van der Waals surface area contributed by atoms with E-state index in [1.807, 2.05) is 18.2 Å². The van der Waals surface area contributed by atoms with Gasteiger partial charge in [0.05, 0.1) is 11.4 Å². The molecule has 0 aliphatic rings. The van der Waals surface area contributed by atoms with Crippen LogP contribution in [0.2, 0.25) is 0 Å². The number of fused-ring (bicyclic) bond motifs is 1. The van der Waals surface area contributed by atoms with Crippen LogP contribution in [-0.4, -0.2) is 29.0 Å². The number of rotatable bonds is 4. The third kappa shape index (κ3) is 3.50. The molecule has 0 aliphatic heterocycles. The fourth-order valence-electron chi connectivity index (χ4n) is 2.07. The number of benzene rings is 1. The summed E-state index contributed by atoms with van der Waals surface area (Å²) in [7, 11) is -3.75. The predicted octanol–water partition coefficient (Wildman–Crippen LogP) is 0.698. The first kappa shape index (κ1) is 15.9.